The fourth-order valence-corrected chi connectivity index (χ4v) is 2.39. The van der Waals surface area contributed by atoms with E-state index >= 15 is 0 Å². The highest BCUT2D eigenvalue weighted by Crippen LogP contribution is 2.22. The Morgan fingerprint density at radius 1 is 1.25 bits per heavy atom. The fourth-order valence-electron chi connectivity index (χ4n) is 1.74. The first-order valence-electron chi connectivity index (χ1n) is 6.08. The summed E-state index contributed by atoms with van der Waals surface area (Å²) in [6.45, 7) is 0.250. The van der Waals surface area contributed by atoms with Gasteiger partial charge in [0.25, 0.3) is 0 Å². The molecule has 0 bridgehead atoms. The van der Waals surface area contributed by atoms with Crippen LogP contribution >= 0.6 is 0 Å². The molecule has 1 aromatic heterocycles. The van der Waals surface area contributed by atoms with Crippen molar-refractivity contribution >= 4 is 9.84 Å². The summed E-state index contributed by atoms with van der Waals surface area (Å²) in [6, 6.07) is 11.8. The first-order chi connectivity index (χ1) is 9.50. The highest BCUT2D eigenvalue weighted by molar-refractivity contribution is 7.90. The van der Waals surface area contributed by atoms with Crippen LogP contribution in [0.1, 0.15) is 11.8 Å². The number of nitrogens with zero attached hydrogens (tertiary/aromatic N) is 1. The van der Waals surface area contributed by atoms with Crippen molar-refractivity contribution in [1.82, 2.24) is 4.98 Å². The monoisotopic (exact) mass is 292 g/mol. The number of sulfone groups is 1. The molecule has 2 aromatic rings. The van der Waals surface area contributed by atoms with Gasteiger partial charge in [0.15, 0.2) is 15.9 Å². The van der Waals surface area contributed by atoms with E-state index in [0.29, 0.717) is 11.4 Å². The summed E-state index contributed by atoms with van der Waals surface area (Å²) in [5.41, 5.74) is 6.40. The van der Waals surface area contributed by atoms with Gasteiger partial charge in [-0.2, -0.15) is 0 Å². The third-order valence-corrected chi connectivity index (χ3v) is 3.85. The Labute approximate surface area is 118 Å². The first kappa shape index (κ1) is 14.5. The van der Waals surface area contributed by atoms with Gasteiger partial charge in [0.1, 0.15) is 5.75 Å². The van der Waals surface area contributed by atoms with Crippen LogP contribution in [0.4, 0.5) is 0 Å². The summed E-state index contributed by atoms with van der Waals surface area (Å²) in [6.07, 6.45) is 2.41. The third kappa shape index (κ3) is 3.55. The minimum atomic E-state index is -3.26. The number of rotatable bonds is 5. The summed E-state index contributed by atoms with van der Waals surface area (Å²) >= 11 is 0. The quantitative estimate of drug-likeness (QED) is 0.904. The molecule has 0 aliphatic heterocycles. The maximum atomic E-state index is 11.5. The molecule has 1 unspecified atom stereocenters. The van der Waals surface area contributed by atoms with E-state index in [9.17, 15) is 8.42 Å². The average Bonchev–Trinajstić information content (AvgIpc) is 2.45. The van der Waals surface area contributed by atoms with E-state index in [0.717, 1.165) is 6.26 Å². The number of nitrogens with two attached hydrogens (primary N) is 1. The molecule has 1 heterocycles. The molecule has 0 aliphatic rings. The van der Waals surface area contributed by atoms with Crippen molar-refractivity contribution in [3.05, 3.63) is 54.4 Å². The minimum absolute atomic E-state index is 0.215. The number of pyridine rings is 1. The summed E-state index contributed by atoms with van der Waals surface area (Å²) in [5, 5.41) is 0. The van der Waals surface area contributed by atoms with E-state index in [4.69, 9.17) is 10.5 Å². The van der Waals surface area contributed by atoms with Gasteiger partial charge >= 0.3 is 0 Å². The van der Waals surface area contributed by atoms with Crippen molar-refractivity contribution in [3.8, 4) is 5.75 Å². The number of benzene rings is 1. The highest BCUT2D eigenvalue weighted by Gasteiger charge is 2.14. The van der Waals surface area contributed by atoms with Crippen LogP contribution in [0.25, 0.3) is 0 Å². The Bertz CT molecular complexity index is 672. The zero-order valence-electron chi connectivity index (χ0n) is 11.1. The van der Waals surface area contributed by atoms with Gasteiger partial charge in [-0.1, -0.05) is 12.1 Å². The Morgan fingerprint density at radius 3 is 2.65 bits per heavy atom. The van der Waals surface area contributed by atoms with Crippen molar-refractivity contribution in [2.75, 3.05) is 12.8 Å². The standard InChI is InChI=1S/C14H16N2O3S/c1-20(17,18)12-6-4-5-11(9-12)19-14(10-15)13-7-2-3-8-16-13/h2-9,14H,10,15H2,1H3. The number of aromatic nitrogens is 1. The van der Waals surface area contributed by atoms with Gasteiger partial charge in [0.05, 0.1) is 10.6 Å². The van der Waals surface area contributed by atoms with Gasteiger partial charge in [-0.15, -0.1) is 0 Å². The predicted octanol–water partition coefficient (Wildman–Crippen LogP) is 1.56. The van der Waals surface area contributed by atoms with Crippen molar-refractivity contribution < 1.29 is 13.2 Å². The molecule has 106 valence electrons. The molecule has 5 nitrogen and oxygen atoms in total. The number of hydrogen-bond donors (Lipinski definition) is 1. The van der Waals surface area contributed by atoms with Crippen LogP contribution in [-0.2, 0) is 9.84 Å². The molecule has 0 amide bonds. The molecule has 20 heavy (non-hydrogen) atoms. The summed E-state index contributed by atoms with van der Waals surface area (Å²) in [7, 11) is -3.26. The van der Waals surface area contributed by atoms with E-state index < -0.39 is 15.9 Å². The maximum absolute atomic E-state index is 11.5. The Kier molecular flexibility index (Phi) is 4.36. The topological polar surface area (TPSA) is 82.3 Å². The molecule has 2 N–H and O–H groups in total. The molecule has 0 saturated heterocycles. The minimum Gasteiger partial charge on any atom is -0.483 e. The molecule has 0 radical (unpaired) electrons. The molecule has 1 atom stereocenters. The summed E-state index contributed by atoms with van der Waals surface area (Å²) in [4.78, 5) is 4.41. The second kappa shape index (κ2) is 6.02. The lowest BCUT2D eigenvalue weighted by molar-refractivity contribution is 0.209. The zero-order chi connectivity index (χ0) is 14.6. The maximum Gasteiger partial charge on any atom is 0.175 e. The Hall–Kier alpha value is -1.92. The van der Waals surface area contributed by atoms with Gasteiger partial charge in [-0.25, -0.2) is 8.42 Å². The SMILES string of the molecule is CS(=O)(=O)c1cccc(OC(CN)c2ccccn2)c1. The molecular formula is C14H16N2O3S. The number of ether oxygens (including phenoxy) is 1. The second-order valence-corrected chi connectivity index (χ2v) is 6.36. The lowest BCUT2D eigenvalue weighted by atomic mass is 10.2. The molecule has 1 aromatic carbocycles. The van der Waals surface area contributed by atoms with Crippen LogP contribution in [-0.4, -0.2) is 26.2 Å². The smallest absolute Gasteiger partial charge is 0.175 e. The Morgan fingerprint density at radius 2 is 2.05 bits per heavy atom. The van der Waals surface area contributed by atoms with E-state index in [1.165, 1.54) is 12.1 Å². The molecule has 0 fully saturated rings. The van der Waals surface area contributed by atoms with Gasteiger partial charge in [-0.05, 0) is 30.3 Å². The normalized spacial score (nSPS) is 12.9. The van der Waals surface area contributed by atoms with Crippen LogP contribution in [0, 0.1) is 0 Å². The van der Waals surface area contributed by atoms with Gasteiger partial charge in [0, 0.05) is 19.0 Å². The molecule has 0 saturated carbocycles. The molecule has 0 aliphatic carbocycles. The van der Waals surface area contributed by atoms with Crippen LogP contribution in [0.5, 0.6) is 5.75 Å². The van der Waals surface area contributed by atoms with Crippen molar-refractivity contribution in [3.63, 3.8) is 0 Å². The summed E-state index contributed by atoms with van der Waals surface area (Å²) in [5.74, 6) is 0.453. The molecule has 0 spiro atoms. The van der Waals surface area contributed by atoms with E-state index in [-0.39, 0.29) is 11.4 Å². The van der Waals surface area contributed by atoms with Gasteiger partial charge in [-0.3, -0.25) is 4.98 Å². The second-order valence-electron chi connectivity index (χ2n) is 4.34. The van der Waals surface area contributed by atoms with E-state index in [1.807, 2.05) is 12.1 Å². The lowest BCUT2D eigenvalue weighted by Crippen LogP contribution is -2.19. The van der Waals surface area contributed by atoms with Crippen LogP contribution in [0.15, 0.2) is 53.6 Å². The van der Waals surface area contributed by atoms with Gasteiger partial charge in [0.2, 0.25) is 0 Å². The van der Waals surface area contributed by atoms with Crippen LogP contribution in [0.3, 0.4) is 0 Å². The molecule has 2 rings (SSSR count). The lowest BCUT2D eigenvalue weighted by Gasteiger charge is -2.17. The highest BCUT2D eigenvalue weighted by atomic mass is 32.2. The molecular weight excluding hydrogens is 276 g/mol. The Balaban J connectivity index is 2.25. The van der Waals surface area contributed by atoms with Crippen LogP contribution in [0.2, 0.25) is 0 Å². The molecule has 6 heteroatoms. The number of hydrogen-bond acceptors (Lipinski definition) is 5. The van der Waals surface area contributed by atoms with Gasteiger partial charge < -0.3 is 10.5 Å². The fraction of sp³-hybridized carbons (Fsp3) is 0.214. The average molecular weight is 292 g/mol. The third-order valence-electron chi connectivity index (χ3n) is 2.74. The van der Waals surface area contributed by atoms with Crippen molar-refractivity contribution in [2.45, 2.75) is 11.0 Å². The van der Waals surface area contributed by atoms with E-state index in [2.05, 4.69) is 4.98 Å². The van der Waals surface area contributed by atoms with Crippen molar-refractivity contribution in [1.29, 1.82) is 0 Å². The van der Waals surface area contributed by atoms with Crippen LogP contribution < -0.4 is 10.5 Å². The largest absolute Gasteiger partial charge is 0.483 e. The van der Waals surface area contributed by atoms with Crippen molar-refractivity contribution in [2.24, 2.45) is 5.73 Å². The summed E-state index contributed by atoms with van der Waals surface area (Å²) < 4.78 is 28.8. The van der Waals surface area contributed by atoms with E-state index in [1.54, 1.807) is 24.4 Å². The first-order valence-corrected chi connectivity index (χ1v) is 7.97. The predicted molar refractivity (Wildman–Crippen MR) is 76.2 cm³/mol. The zero-order valence-corrected chi connectivity index (χ0v) is 11.9.